The van der Waals surface area contributed by atoms with Gasteiger partial charge in [0.15, 0.2) is 0 Å². The highest BCUT2D eigenvalue weighted by atomic mass is 32.2. The van der Waals surface area contributed by atoms with Crippen LogP contribution in [0.1, 0.15) is 18.1 Å². The first-order valence-corrected chi connectivity index (χ1v) is 7.19. The van der Waals surface area contributed by atoms with Gasteiger partial charge >= 0.3 is 0 Å². The van der Waals surface area contributed by atoms with Crippen LogP contribution in [0.25, 0.3) is 0 Å². The lowest BCUT2D eigenvalue weighted by Crippen LogP contribution is -2.26. The molecule has 0 bridgehead atoms. The number of sulfone groups is 1. The topological polar surface area (TPSA) is 82.8 Å². The Bertz CT molecular complexity index is 546. The summed E-state index contributed by atoms with van der Waals surface area (Å²) >= 11 is 0. The fraction of sp³-hybridized carbons (Fsp3) is 0.455. The van der Waals surface area contributed by atoms with Crippen LogP contribution < -0.4 is 5.32 Å². The van der Waals surface area contributed by atoms with Crippen molar-refractivity contribution in [3.63, 3.8) is 0 Å². The molecule has 0 amide bonds. The molecule has 92 valence electrons. The molecule has 1 aromatic heterocycles. The summed E-state index contributed by atoms with van der Waals surface area (Å²) in [7, 11) is -3.05. The Kier molecular flexibility index (Phi) is 4.07. The summed E-state index contributed by atoms with van der Waals surface area (Å²) in [6, 6.07) is 3.51. The Hall–Kier alpha value is -1.61. The zero-order valence-corrected chi connectivity index (χ0v) is 10.9. The molecule has 0 aromatic carbocycles. The molecule has 1 aromatic rings. The molecule has 1 unspecified atom stereocenters. The van der Waals surface area contributed by atoms with Gasteiger partial charge in [0.25, 0.3) is 0 Å². The van der Waals surface area contributed by atoms with Gasteiger partial charge in [-0.25, -0.2) is 13.4 Å². The monoisotopic (exact) mass is 253 g/mol. The lowest BCUT2D eigenvalue weighted by Gasteiger charge is -2.14. The third-order valence-corrected chi connectivity index (χ3v) is 3.31. The second-order valence-electron chi connectivity index (χ2n) is 4.10. The first-order valence-electron chi connectivity index (χ1n) is 5.13. The molecule has 1 heterocycles. The number of hydrogen-bond acceptors (Lipinski definition) is 5. The van der Waals surface area contributed by atoms with Gasteiger partial charge < -0.3 is 5.32 Å². The predicted octanol–water partition coefficient (Wildman–Crippen LogP) is 1.11. The molecule has 0 saturated heterocycles. The van der Waals surface area contributed by atoms with E-state index in [4.69, 9.17) is 5.26 Å². The Morgan fingerprint density at radius 2 is 2.24 bits per heavy atom. The number of pyridine rings is 1. The molecule has 0 radical (unpaired) electrons. The van der Waals surface area contributed by atoms with E-state index in [1.54, 1.807) is 19.2 Å². The zero-order chi connectivity index (χ0) is 13.1. The molecule has 0 aliphatic rings. The third-order valence-electron chi connectivity index (χ3n) is 2.21. The molecule has 0 aliphatic heterocycles. The average Bonchev–Trinajstić information content (AvgIpc) is 2.14. The van der Waals surface area contributed by atoms with Gasteiger partial charge in [0.05, 0.1) is 11.3 Å². The van der Waals surface area contributed by atoms with Crippen LogP contribution in [0, 0.1) is 18.3 Å². The molecular formula is C11H15N3O2S. The minimum absolute atomic E-state index is 0.00743. The minimum Gasteiger partial charge on any atom is -0.365 e. The summed E-state index contributed by atoms with van der Waals surface area (Å²) in [4.78, 5) is 4.05. The summed E-state index contributed by atoms with van der Waals surface area (Å²) in [5, 5.41) is 11.9. The van der Waals surface area contributed by atoms with Gasteiger partial charge in [0, 0.05) is 18.5 Å². The maximum atomic E-state index is 11.1. The van der Waals surface area contributed by atoms with Crippen molar-refractivity contribution in [3.05, 3.63) is 23.4 Å². The van der Waals surface area contributed by atoms with E-state index in [1.807, 2.05) is 6.92 Å². The van der Waals surface area contributed by atoms with E-state index in [-0.39, 0.29) is 11.8 Å². The van der Waals surface area contributed by atoms with E-state index < -0.39 is 9.84 Å². The number of anilines is 1. The summed E-state index contributed by atoms with van der Waals surface area (Å²) in [5.41, 5.74) is 1.27. The quantitative estimate of drug-likeness (QED) is 0.869. The van der Waals surface area contributed by atoms with Crippen LogP contribution in [-0.2, 0) is 9.84 Å². The van der Waals surface area contributed by atoms with Crippen molar-refractivity contribution in [2.45, 2.75) is 19.9 Å². The van der Waals surface area contributed by atoms with Gasteiger partial charge in [-0.15, -0.1) is 0 Å². The number of nitrogens with zero attached hydrogens (tertiary/aromatic N) is 2. The van der Waals surface area contributed by atoms with Crippen molar-refractivity contribution in [1.82, 2.24) is 4.98 Å². The zero-order valence-electron chi connectivity index (χ0n) is 10.1. The van der Waals surface area contributed by atoms with E-state index in [0.29, 0.717) is 11.4 Å². The molecule has 0 fully saturated rings. The summed E-state index contributed by atoms with van der Waals surface area (Å²) < 4.78 is 22.3. The van der Waals surface area contributed by atoms with Crippen LogP contribution in [0.3, 0.4) is 0 Å². The number of aryl methyl sites for hydroxylation is 1. The van der Waals surface area contributed by atoms with E-state index in [1.165, 1.54) is 6.26 Å². The minimum atomic E-state index is -3.05. The molecule has 0 aliphatic carbocycles. The summed E-state index contributed by atoms with van der Waals surface area (Å²) in [5.74, 6) is 0.441. The van der Waals surface area contributed by atoms with Crippen molar-refractivity contribution >= 4 is 15.7 Å². The van der Waals surface area contributed by atoms with Gasteiger partial charge in [-0.2, -0.15) is 5.26 Å². The largest absolute Gasteiger partial charge is 0.365 e. The molecular weight excluding hydrogens is 238 g/mol. The van der Waals surface area contributed by atoms with E-state index in [0.717, 1.165) is 5.56 Å². The molecule has 1 rings (SSSR count). The Balaban J connectivity index is 2.90. The Morgan fingerprint density at radius 1 is 1.59 bits per heavy atom. The van der Waals surface area contributed by atoms with Crippen LogP contribution in [-0.4, -0.2) is 31.5 Å². The highest BCUT2D eigenvalue weighted by molar-refractivity contribution is 7.90. The number of rotatable bonds is 4. The van der Waals surface area contributed by atoms with E-state index in [9.17, 15) is 8.42 Å². The standard InChI is InChI=1S/C11H15N3O2S/c1-8-4-5-13-11(10(8)6-12)14-9(2)7-17(3,15)16/h4-5,9H,7H2,1-3H3,(H,13,14). The van der Waals surface area contributed by atoms with Crippen molar-refractivity contribution in [2.24, 2.45) is 0 Å². The highest BCUT2D eigenvalue weighted by Gasteiger charge is 2.13. The molecule has 6 heteroatoms. The number of nitrogens with one attached hydrogen (secondary N) is 1. The Morgan fingerprint density at radius 3 is 2.76 bits per heavy atom. The number of nitriles is 1. The first kappa shape index (κ1) is 13.5. The maximum absolute atomic E-state index is 11.1. The average molecular weight is 253 g/mol. The molecule has 17 heavy (non-hydrogen) atoms. The first-order chi connectivity index (χ1) is 7.83. The van der Waals surface area contributed by atoms with Crippen LogP contribution in [0.5, 0.6) is 0 Å². The number of hydrogen-bond donors (Lipinski definition) is 1. The van der Waals surface area contributed by atoms with Crippen LogP contribution in [0.4, 0.5) is 5.82 Å². The van der Waals surface area contributed by atoms with Gasteiger partial charge in [0.1, 0.15) is 21.7 Å². The van der Waals surface area contributed by atoms with Crippen molar-refractivity contribution < 1.29 is 8.42 Å². The summed E-state index contributed by atoms with van der Waals surface area (Å²) in [6.07, 6.45) is 2.77. The number of aromatic nitrogens is 1. The van der Waals surface area contributed by atoms with Crippen molar-refractivity contribution in [2.75, 3.05) is 17.3 Å². The van der Waals surface area contributed by atoms with Crippen LogP contribution >= 0.6 is 0 Å². The molecule has 5 nitrogen and oxygen atoms in total. The third kappa shape index (κ3) is 4.04. The smallest absolute Gasteiger partial charge is 0.149 e. The summed E-state index contributed by atoms with van der Waals surface area (Å²) in [6.45, 7) is 3.55. The molecule has 0 saturated carbocycles. The van der Waals surface area contributed by atoms with Crippen molar-refractivity contribution in [1.29, 1.82) is 5.26 Å². The van der Waals surface area contributed by atoms with Crippen LogP contribution in [0.15, 0.2) is 12.3 Å². The van der Waals surface area contributed by atoms with Gasteiger partial charge in [0.2, 0.25) is 0 Å². The van der Waals surface area contributed by atoms with Crippen molar-refractivity contribution in [3.8, 4) is 6.07 Å². The molecule has 1 atom stereocenters. The SMILES string of the molecule is Cc1ccnc(NC(C)CS(C)(=O)=O)c1C#N. The second-order valence-corrected chi connectivity index (χ2v) is 6.29. The molecule has 1 N–H and O–H groups in total. The van der Waals surface area contributed by atoms with E-state index in [2.05, 4.69) is 16.4 Å². The second kappa shape index (κ2) is 5.15. The Labute approximate surface area is 101 Å². The fourth-order valence-electron chi connectivity index (χ4n) is 1.54. The lowest BCUT2D eigenvalue weighted by atomic mass is 10.1. The van der Waals surface area contributed by atoms with E-state index >= 15 is 0 Å². The lowest BCUT2D eigenvalue weighted by molar-refractivity contribution is 0.598. The van der Waals surface area contributed by atoms with Gasteiger partial charge in [-0.1, -0.05) is 0 Å². The van der Waals surface area contributed by atoms with Gasteiger partial charge in [-0.05, 0) is 25.5 Å². The highest BCUT2D eigenvalue weighted by Crippen LogP contribution is 2.16. The maximum Gasteiger partial charge on any atom is 0.149 e. The van der Waals surface area contributed by atoms with Gasteiger partial charge in [-0.3, -0.25) is 0 Å². The normalized spacial score (nSPS) is 12.8. The molecule has 0 spiro atoms. The predicted molar refractivity (Wildman–Crippen MR) is 66.5 cm³/mol. The fourth-order valence-corrected chi connectivity index (χ4v) is 2.53. The van der Waals surface area contributed by atoms with Crippen LogP contribution in [0.2, 0.25) is 0 Å².